The number of carbonyl (C=O) groups excluding carboxylic acids is 1. The summed E-state index contributed by atoms with van der Waals surface area (Å²) in [6.45, 7) is 5.79. The number of nitrogens with zero attached hydrogens (tertiary/aromatic N) is 1. The van der Waals surface area contributed by atoms with Crippen LogP contribution in [0.3, 0.4) is 0 Å². The fraction of sp³-hybridized carbons (Fsp3) is 0.688. The van der Waals surface area contributed by atoms with Crippen LogP contribution >= 0.6 is 11.3 Å². The molecule has 2 fully saturated rings. The van der Waals surface area contributed by atoms with Crippen LogP contribution in [-0.4, -0.2) is 35.6 Å². The van der Waals surface area contributed by atoms with Crippen molar-refractivity contribution in [2.75, 3.05) is 19.7 Å². The van der Waals surface area contributed by atoms with Crippen LogP contribution in [0.15, 0.2) is 16.8 Å². The predicted molar refractivity (Wildman–Crippen MR) is 80.7 cm³/mol. The summed E-state index contributed by atoms with van der Waals surface area (Å²) in [5.41, 5.74) is 1.04. The van der Waals surface area contributed by atoms with Crippen LogP contribution in [-0.2, 0) is 4.79 Å². The van der Waals surface area contributed by atoms with Crippen LogP contribution in [0.5, 0.6) is 0 Å². The van der Waals surface area contributed by atoms with Crippen molar-refractivity contribution in [2.24, 2.45) is 17.3 Å². The molecule has 1 aliphatic carbocycles. The van der Waals surface area contributed by atoms with E-state index in [4.69, 9.17) is 0 Å². The standard InChI is InChI=1S/C16H23NO2S/c1-16(2,13-3-4-13)15(19)17-7-12(9-18)14(8-17)11-5-6-20-10-11/h5-6,10,12-14,18H,3-4,7-9H2,1-2H3/t12-,14-/m0/s1. The highest BCUT2D eigenvalue weighted by molar-refractivity contribution is 7.08. The van der Waals surface area contributed by atoms with Crippen LogP contribution in [0.4, 0.5) is 0 Å². The van der Waals surface area contributed by atoms with Crippen molar-refractivity contribution in [3.05, 3.63) is 22.4 Å². The molecule has 2 aliphatic rings. The van der Waals surface area contributed by atoms with E-state index < -0.39 is 0 Å². The third-order valence-corrected chi connectivity index (χ3v) is 5.78. The maximum atomic E-state index is 12.8. The van der Waals surface area contributed by atoms with Gasteiger partial charge in [-0.1, -0.05) is 13.8 Å². The summed E-state index contributed by atoms with van der Waals surface area (Å²) in [6.07, 6.45) is 2.37. The summed E-state index contributed by atoms with van der Waals surface area (Å²) in [6, 6.07) is 2.12. The van der Waals surface area contributed by atoms with E-state index in [0.717, 1.165) is 6.54 Å². The Morgan fingerprint density at radius 2 is 2.20 bits per heavy atom. The van der Waals surface area contributed by atoms with E-state index >= 15 is 0 Å². The fourth-order valence-electron chi connectivity index (χ4n) is 3.47. The Bertz CT molecular complexity index is 479. The Morgan fingerprint density at radius 1 is 1.45 bits per heavy atom. The highest BCUT2D eigenvalue weighted by Crippen LogP contribution is 2.47. The van der Waals surface area contributed by atoms with Crippen LogP contribution in [0.1, 0.15) is 38.2 Å². The maximum absolute atomic E-state index is 12.8. The van der Waals surface area contributed by atoms with Gasteiger partial charge in [0.15, 0.2) is 0 Å². The van der Waals surface area contributed by atoms with Gasteiger partial charge in [0.1, 0.15) is 0 Å². The molecule has 20 heavy (non-hydrogen) atoms. The number of amides is 1. The molecule has 0 spiro atoms. The maximum Gasteiger partial charge on any atom is 0.228 e. The van der Waals surface area contributed by atoms with Crippen LogP contribution < -0.4 is 0 Å². The van der Waals surface area contributed by atoms with Crippen molar-refractivity contribution >= 4 is 17.2 Å². The van der Waals surface area contributed by atoms with Crippen molar-refractivity contribution in [3.63, 3.8) is 0 Å². The van der Waals surface area contributed by atoms with E-state index in [1.165, 1.54) is 18.4 Å². The van der Waals surface area contributed by atoms with Crippen LogP contribution in [0.25, 0.3) is 0 Å². The lowest BCUT2D eigenvalue weighted by molar-refractivity contribution is -0.140. The lowest BCUT2D eigenvalue weighted by Gasteiger charge is -2.29. The van der Waals surface area contributed by atoms with E-state index in [9.17, 15) is 9.90 Å². The van der Waals surface area contributed by atoms with E-state index in [-0.39, 0.29) is 23.8 Å². The van der Waals surface area contributed by atoms with Gasteiger partial charge in [-0.3, -0.25) is 4.79 Å². The Labute approximate surface area is 124 Å². The van der Waals surface area contributed by atoms with Crippen molar-refractivity contribution in [2.45, 2.75) is 32.6 Å². The average molecular weight is 293 g/mol. The molecular formula is C16H23NO2S. The minimum Gasteiger partial charge on any atom is -0.396 e. The Kier molecular flexibility index (Phi) is 3.63. The van der Waals surface area contributed by atoms with Gasteiger partial charge in [-0.15, -0.1) is 0 Å². The third kappa shape index (κ3) is 2.40. The second-order valence-corrected chi connectivity index (χ2v) is 7.59. The highest BCUT2D eigenvalue weighted by atomic mass is 32.1. The van der Waals surface area contributed by atoms with Gasteiger partial charge in [0.05, 0.1) is 0 Å². The minimum absolute atomic E-state index is 0.161. The number of likely N-dealkylation sites (tertiary alicyclic amines) is 1. The van der Waals surface area contributed by atoms with Crippen molar-refractivity contribution in [1.29, 1.82) is 0 Å². The Morgan fingerprint density at radius 3 is 2.75 bits per heavy atom. The molecule has 1 amide bonds. The third-order valence-electron chi connectivity index (χ3n) is 5.08. The SMILES string of the molecule is CC(C)(C(=O)N1C[C@@H](CO)[C@H](c2ccsc2)C1)C1CC1. The minimum atomic E-state index is -0.233. The molecule has 0 aromatic carbocycles. The summed E-state index contributed by atoms with van der Waals surface area (Å²) >= 11 is 1.68. The summed E-state index contributed by atoms with van der Waals surface area (Å²) in [7, 11) is 0. The van der Waals surface area contributed by atoms with Gasteiger partial charge in [-0.05, 0) is 41.1 Å². The van der Waals surface area contributed by atoms with Gasteiger partial charge in [-0.2, -0.15) is 11.3 Å². The average Bonchev–Trinajstić information content (AvgIpc) is 3.01. The zero-order valence-electron chi connectivity index (χ0n) is 12.2. The zero-order chi connectivity index (χ0) is 14.3. The first kappa shape index (κ1) is 14.1. The monoisotopic (exact) mass is 293 g/mol. The predicted octanol–water partition coefficient (Wildman–Crippen LogP) is 2.72. The second-order valence-electron chi connectivity index (χ2n) is 6.81. The molecule has 0 unspecified atom stereocenters. The lowest BCUT2D eigenvalue weighted by Crippen LogP contribution is -2.41. The second kappa shape index (κ2) is 5.15. The molecule has 1 aromatic heterocycles. The van der Waals surface area contributed by atoms with E-state index in [0.29, 0.717) is 18.4 Å². The molecule has 1 N–H and O–H groups in total. The number of hydrogen-bond acceptors (Lipinski definition) is 3. The Hall–Kier alpha value is -0.870. The molecule has 1 aromatic rings. The van der Waals surface area contributed by atoms with E-state index in [1.807, 2.05) is 4.90 Å². The topological polar surface area (TPSA) is 40.5 Å². The zero-order valence-corrected chi connectivity index (χ0v) is 13.0. The van der Waals surface area contributed by atoms with Gasteiger partial charge in [-0.25, -0.2) is 0 Å². The molecule has 2 heterocycles. The number of carbonyl (C=O) groups is 1. The first-order chi connectivity index (χ1) is 9.54. The number of hydrogen-bond donors (Lipinski definition) is 1. The summed E-state index contributed by atoms with van der Waals surface area (Å²) in [4.78, 5) is 14.8. The molecule has 2 atom stereocenters. The number of rotatable bonds is 4. The van der Waals surface area contributed by atoms with Gasteiger partial charge < -0.3 is 10.0 Å². The molecule has 3 rings (SSSR count). The lowest BCUT2D eigenvalue weighted by atomic mass is 9.86. The van der Waals surface area contributed by atoms with Crippen LogP contribution in [0.2, 0.25) is 0 Å². The number of thiophene rings is 1. The highest BCUT2D eigenvalue weighted by Gasteiger charge is 2.47. The molecule has 0 radical (unpaired) electrons. The van der Waals surface area contributed by atoms with E-state index in [1.54, 1.807) is 11.3 Å². The molecular weight excluding hydrogens is 270 g/mol. The molecule has 0 bridgehead atoms. The Balaban J connectivity index is 1.75. The van der Waals surface area contributed by atoms with Gasteiger partial charge >= 0.3 is 0 Å². The molecule has 3 nitrogen and oxygen atoms in total. The molecule has 1 saturated carbocycles. The smallest absolute Gasteiger partial charge is 0.228 e. The van der Waals surface area contributed by atoms with Gasteiger partial charge in [0.25, 0.3) is 0 Å². The largest absolute Gasteiger partial charge is 0.396 e. The molecule has 4 heteroatoms. The normalized spacial score (nSPS) is 27.1. The van der Waals surface area contributed by atoms with Crippen molar-refractivity contribution < 1.29 is 9.90 Å². The molecule has 110 valence electrons. The summed E-state index contributed by atoms with van der Waals surface area (Å²) in [5.74, 6) is 1.31. The number of aliphatic hydroxyl groups is 1. The molecule has 1 aliphatic heterocycles. The first-order valence-corrected chi connectivity index (χ1v) is 8.40. The fourth-order valence-corrected chi connectivity index (χ4v) is 4.20. The first-order valence-electron chi connectivity index (χ1n) is 7.46. The van der Waals surface area contributed by atoms with Gasteiger partial charge in [0.2, 0.25) is 5.91 Å². The number of aliphatic hydroxyl groups excluding tert-OH is 1. The van der Waals surface area contributed by atoms with E-state index in [2.05, 4.69) is 30.7 Å². The van der Waals surface area contributed by atoms with Crippen LogP contribution in [0, 0.1) is 17.3 Å². The molecule has 1 saturated heterocycles. The summed E-state index contributed by atoms with van der Waals surface area (Å²) < 4.78 is 0. The van der Waals surface area contributed by atoms with Gasteiger partial charge in [0, 0.05) is 36.9 Å². The van der Waals surface area contributed by atoms with Crippen molar-refractivity contribution in [1.82, 2.24) is 4.90 Å². The quantitative estimate of drug-likeness (QED) is 0.927. The summed E-state index contributed by atoms with van der Waals surface area (Å²) in [5, 5.41) is 13.8. The van der Waals surface area contributed by atoms with Crippen molar-refractivity contribution in [3.8, 4) is 0 Å².